The van der Waals surface area contributed by atoms with E-state index in [0.717, 1.165) is 4.90 Å². The highest BCUT2D eigenvalue weighted by Gasteiger charge is 2.41. The van der Waals surface area contributed by atoms with Crippen LogP contribution in [0.3, 0.4) is 0 Å². The van der Waals surface area contributed by atoms with Gasteiger partial charge < -0.3 is 0 Å². The lowest BCUT2D eigenvalue weighted by atomic mass is 10.2. The number of rotatable bonds is 6. The van der Waals surface area contributed by atoms with Gasteiger partial charge in [0.15, 0.2) is 5.15 Å². The largest absolute Gasteiger partial charge is 0.401 e. The lowest BCUT2D eigenvalue weighted by Crippen LogP contribution is -2.37. The van der Waals surface area contributed by atoms with Gasteiger partial charge in [-0.3, -0.25) is 14.7 Å². The molecule has 0 bridgehead atoms. The molecule has 0 aliphatic rings. The summed E-state index contributed by atoms with van der Waals surface area (Å²) in [5.74, 6) is 1.48. The molecule has 0 N–H and O–H groups in total. The van der Waals surface area contributed by atoms with Gasteiger partial charge in [0.25, 0.3) is 0 Å². The second-order valence-electron chi connectivity index (χ2n) is 5.12. The van der Waals surface area contributed by atoms with Crippen LogP contribution in [0.5, 0.6) is 0 Å². The fourth-order valence-corrected chi connectivity index (χ4v) is 2.96. The van der Waals surface area contributed by atoms with Crippen LogP contribution in [0.15, 0.2) is 30.7 Å². The molecule has 138 valence electrons. The Kier molecular flexibility index (Phi) is 6.56. The minimum atomic E-state index is -4.50. The number of pyridine rings is 1. The number of nitrogens with zero attached hydrogens (tertiary/aromatic N) is 4. The highest BCUT2D eigenvalue weighted by Crippen LogP contribution is 2.33. The summed E-state index contributed by atoms with van der Waals surface area (Å²) in [5.41, 5.74) is 0.714. The standard InChI is InChI=1S/C16H14ClF3N4OS/c1-3-7-23(14(25)8-13(26-2)16(18,19)20)12-10-24(22-15(12)17)11-5-4-6-21-9-11/h1,4-6,9-10,13H,7-8H2,2H3. The molecule has 1 unspecified atom stereocenters. The highest BCUT2D eigenvalue weighted by atomic mass is 35.5. The summed E-state index contributed by atoms with van der Waals surface area (Å²) < 4.78 is 40.2. The maximum atomic E-state index is 13.0. The van der Waals surface area contributed by atoms with Crippen LogP contribution in [0, 0.1) is 12.3 Å². The van der Waals surface area contributed by atoms with Gasteiger partial charge in [-0.2, -0.15) is 30.0 Å². The second kappa shape index (κ2) is 8.47. The molecule has 0 radical (unpaired) electrons. The van der Waals surface area contributed by atoms with Crippen LogP contribution < -0.4 is 4.90 Å². The van der Waals surface area contributed by atoms with Gasteiger partial charge in [0.1, 0.15) is 10.9 Å². The molecular formula is C16H14ClF3N4OS. The van der Waals surface area contributed by atoms with E-state index < -0.39 is 23.8 Å². The van der Waals surface area contributed by atoms with Crippen LogP contribution in [0.4, 0.5) is 18.9 Å². The van der Waals surface area contributed by atoms with Gasteiger partial charge in [-0.15, -0.1) is 6.42 Å². The van der Waals surface area contributed by atoms with Crippen molar-refractivity contribution in [3.63, 3.8) is 0 Å². The summed E-state index contributed by atoms with van der Waals surface area (Å²) in [5, 5.41) is 2.18. The molecule has 0 fully saturated rings. The van der Waals surface area contributed by atoms with E-state index in [1.165, 1.54) is 23.3 Å². The van der Waals surface area contributed by atoms with Crippen LogP contribution in [0.1, 0.15) is 6.42 Å². The molecule has 2 rings (SSSR count). The second-order valence-corrected chi connectivity index (χ2v) is 6.51. The number of hydrogen-bond donors (Lipinski definition) is 0. The molecule has 0 saturated heterocycles. The highest BCUT2D eigenvalue weighted by molar-refractivity contribution is 7.99. The van der Waals surface area contributed by atoms with E-state index in [1.54, 1.807) is 18.3 Å². The molecule has 0 aromatic carbocycles. The van der Waals surface area contributed by atoms with Crippen LogP contribution in [0.25, 0.3) is 5.69 Å². The fraction of sp³-hybridized carbons (Fsp3) is 0.312. The van der Waals surface area contributed by atoms with E-state index in [1.807, 2.05) is 0 Å². The van der Waals surface area contributed by atoms with Gasteiger partial charge in [-0.1, -0.05) is 17.5 Å². The van der Waals surface area contributed by atoms with Gasteiger partial charge in [0.2, 0.25) is 5.91 Å². The summed E-state index contributed by atoms with van der Waals surface area (Å²) in [6, 6.07) is 3.39. The molecule has 1 amide bonds. The number of thioether (sulfide) groups is 1. The lowest BCUT2D eigenvalue weighted by molar-refractivity contribution is -0.138. The molecule has 0 aliphatic carbocycles. The van der Waals surface area contributed by atoms with E-state index in [2.05, 4.69) is 16.0 Å². The number of terminal acetylenes is 1. The molecule has 2 aromatic heterocycles. The van der Waals surface area contributed by atoms with Crippen LogP contribution >= 0.6 is 23.4 Å². The number of carbonyl (C=O) groups is 1. The summed E-state index contributed by atoms with van der Waals surface area (Å²) >= 11 is 6.64. The summed E-state index contributed by atoms with van der Waals surface area (Å²) in [6.45, 7) is -0.226. The quantitative estimate of drug-likeness (QED) is 0.693. The van der Waals surface area contributed by atoms with Crippen molar-refractivity contribution in [1.82, 2.24) is 14.8 Å². The molecular weight excluding hydrogens is 389 g/mol. The van der Waals surface area contributed by atoms with Crippen molar-refractivity contribution in [2.45, 2.75) is 17.8 Å². The van der Waals surface area contributed by atoms with Crippen molar-refractivity contribution in [3.05, 3.63) is 35.9 Å². The van der Waals surface area contributed by atoms with Crippen molar-refractivity contribution in [2.75, 3.05) is 17.7 Å². The number of amides is 1. The lowest BCUT2D eigenvalue weighted by Gasteiger charge is -2.23. The first-order chi connectivity index (χ1) is 12.3. The first kappa shape index (κ1) is 20.1. The van der Waals surface area contributed by atoms with Gasteiger partial charge in [-0.05, 0) is 18.4 Å². The van der Waals surface area contributed by atoms with Crippen molar-refractivity contribution >= 4 is 35.0 Å². The number of alkyl halides is 3. The predicted octanol–water partition coefficient (Wildman–Crippen LogP) is 3.57. The average Bonchev–Trinajstić information content (AvgIpc) is 2.98. The minimum Gasteiger partial charge on any atom is -0.296 e. The van der Waals surface area contributed by atoms with Crippen molar-refractivity contribution in [3.8, 4) is 18.0 Å². The molecule has 0 saturated carbocycles. The summed E-state index contributed by atoms with van der Waals surface area (Å²) in [4.78, 5) is 17.4. The maximum Gasteiger partial charge on any atom is 0.401 e. The number of aromatic nitrogens is 3. The van der Waals surface area contributed by atoms with Gasteiger partial charge in [0, 0.05) is 12.6 Å². The molecule has 26 heavy (non-hydrogen) atoms. The van der Waals surface area contributed by atoms with E-state index in [4.69, 9.17) is 18.0 Å². The Morgan fingerprint density at radius 2 is 2.27 bits per heavy atom. The fourth-order valence-electron chi connectivity index (χ4n) is 2.15. The maximum absolute atomic E-state index is 13.0. The van der Waals surface area contributed by atoms with E-state index in [-0.39, 0.29) is 17.4 Å². The molecule has 1 atom stereocenters. The molecule has 5 nitrogen and oxygen atoms in total. The molecule has 2 heterocycles. The zero-order valence-corrected chi connectivity index (χ0v) is 15.1. The molecule has 0 aliphatic heterocycles. The number of anilines is 1. The van der Waals surface area contributed by atoms with Crippen LogP contribution in [-0.4, -0.2) is 44.9 Å². The third kappa shape index (κ3) is 4.71. The van der Waals surface area contributed by atoms with Crippen molar-refractivity contribution in [2.24, 2.45) is 0 Å². The normalized spacial score (nSPS) is 12.5. The number of halogens is 4. The van der Waals surface area contributed by atoms with E-state index in [9.17, 15) is 18.0 Å². The predicted molar refractivity (Wildman–Crippen MR) is 95.5 cm³/mol. The Balaban J connectivity index is 2.31. The monoisotopic (exact) mass is 402 g/mol. The summed E-state index contributed by atoms with van der Waals surface area (Å²) in [7, 11) is 0. The minimum absolute atomic E-state index is 0.0508. The average molecular weight is 403 g/mol. The Hall–Kier alpha value is -2.18. The molecule has 10 heteroatoms. The molecule has 0 spiro atoms. The number of carbonyl (C=O) groups excluding carboxylic acids is 1. The SMILES string of the molecule is C#CCN(C(=O)CC(SC)C(F)(F)F)c1cn(-c2cccnc2)nc1Cl. The van der Waals surface area contributed by atoms with Crippen molar-refractivity contribution < 1.29 is 18.0 Å². The van der Waals surface area contributed by atoms with Crippen molar-refractivity contribution in [1.29, 1.82) is 0 Å². The zero-order valence-electron chi connectivity index (χ0n) is 13.6. The smallest absolute Gasteiger partial charge is 0.296 e. The Bertz CT molecular complexity index is 804. The number of hydrogen-bond acceptors (Lipinski definition) is 4. The Morgan fingerprint density at radius 3 is 2.81 bits per heavy atom. The molecule has 2 aromatic rings. The van der Waals surface area contributed by atoms with Gasteiger partial charge >= 0.3 is 6.18 Å². The van der Waals surface area contributed by atoms with Crippen LogP contribution in [-0.2, 0) is 4.79 Å². The van der Waals surface area contributed by atoms with Gasteiger partial charge in [0.05, 0.1) is 24.6 Å². The summed E-state index contributed by atoms with van der Waals surface area (Å²) in [6.07, 6.45) is 5.84. The topological polar surface area (TPSA) is 51.0 Å². The third-order valence-electron chi connectivity index (χ3n) is 3.41. The first-order valence-electron chi connectivity index (χ1n) is 7.26. The van der Waals surface area contributed by atoms with E-state index in [0.29, 0.717) is 17.4 Å². The third-order valence-corrected chi connectivity index (χ3v) is 4.68. The Morgan fingerprint density at radius 1 is 1.54 bits per heavy atom. The zero-order chi connectivity index (χ0) is 19.3. The van der Waals surface area contributed by atoms with Crippen LogP contribution in [0.2, 0.25) is 5.15 Å². The first-order valence-corrected chi connectivity index (χ1v) is 8.93. The van der Waals surface area contributed by atoms with Gasteiger partial charge in [-0.25, -0.2) is 4.68 Å². The Labute approximate surface area is 157 Å². The van der Waals surface area contributed by atoms with E-state index >= 15 is 0 Å².